The van der Waals surface area contributed by atoms with Gasteiger partial charge in [-0.2, -0.15) is 0 Å². The van der Waals surface area contributed by atoms with E-state index in [9.17, 15) is 13.6 Å². The number of Topliss-reactive ketones (excluding diaryl/α,β-unsaturated/α-hetero) is 1. The molecule has 0 bridgehead atoms. The van der Waals surface area contributed by atoms with Crippen LogP contribution in [0.5, 0.6) is 5.75 Å². The first-order chi connectivity index (χ1) is 13.0. The fraction of sp³-hybridized carbons (Fsp3) is 0.136. The summed E-state index contributed by atoms with van der Waals surface area (Å²) in [5, 5.41) is 3.27. The number of methoxy groups -OCH3 is 1. The second kappa shape index (κ2) is 8.45. The monoisotopic (exact) mass is 367 g/mol. The van der Waals surface area contributed by atoms with Crippen molar-refractivity contribution in [1.82, 2.24) is 0 Å². The van der Waals surface area contributed by atoms with Gasteiger partial charge in [-0.25, -0.2) is 8.78 Å². The number of hydrogen-bond acceptors (Lipinski definition) is 3. The van der Waals surface area contributed by atoms with E-state index in [0.717, 1.165) is 5.56 Å². The smallest absolute Gasteiger partial charge is 0.165 e. The molecule has 0 aliphatic rings. The molecule has 1 N–H and O–H groups in total. The van der Waals surface area contributed by atoms with Crippen molar-refractivity contribution in [1.29, 1.82) is 0 Å². The lowest BCUT2D eigenvalue weighted by Gasteiger charge is -2.20. The summed E-state index contributed by atoms with van der Waals surface area (Å²) in [5.41, 5.74) is 2.02. The van der Waals surface area contributed by atoms with Gasteiger partial charge in [0.1, 0.15) is 17.4 Å². The van der Waals surface area contributed by atoms with Crippen LogP contribution in [-0.2, 0) is 0 Å². The van der Waals surface area contributed by atoms with Crippen LogP contribution in [-0.4, -0.2) is 12.9 Å². The second-order valence-electron chi connectivity index (χ2n) is 6.11. The van der Waals surface area contributed by atoms with E-state index in [1.54, 1.807) is 19.2 Å². The molecule has 0 radical (unpaired) electrons. The standard InChI is InChI=1S/C22H19F2NO2/c1-27-20-12-4-15(5-13-20)21(25-19-10-8-18(24)9-11-19)14-22(26)16-2-6-17(23)7-3-16/h2-13,21,25H,14H2,1H3. The van der Waals surface area contributed by atoms with E-state index < -0.39 is 0 Å². The summed E-state index contributed by atoms with van der Waals surface area (Å²) in [5.74, 6) is -0.124. The first kappa shape index (κ1) is 18.6. The van der Waals surface area contributed by atoms with Crippen molar-refractivity contribution in [2.75, 3.05) is 12.4 Å². The normalized spacial score (nSPS) is 11.7. The maximum atomic E-state index is 13.2. The summed E-state index contributed by atoms with van der Waals surface area (Å²) in [4.78, 5) is 12.7. The molecule has 0 aliphatic carbocycles. The van der Waals surface area contributed by atoms with Gasteiger partial charge in [-0.05, 0) is 66.2 Å². The second-order valence-corrected chi connectivity index (χ2v) is 6.11. The molecule has 0 heterocycles. The van der Waals surface area contributed by atoms with Gasteiger partial charge >= 0.3 is 0 Å². The van der Waals surface area contributed by atoms with Gasteiger partial charge in [-0.3, -0.25) is 4.79 Å². The molecule has 0 fully saturated rings. The SMILES string of the molecule is COc1ccc(C(CC(=O)c2ccc(F)cc2)Nc2ccc(F)cc2)cc1. The summed E-state index contributed by atoms with van der Waals surface area (Å²) in [6.45, 7) is 0. The van der Waals surface area contributed by atoms with Crippen molar-refractivity contribution in [3.05, 3.63) is 95.6 Å². The van der Waals surface area contributed by atoms with Crippen molar-refractivity contribution in [2.45, 2.75) is 12.5 Å². The van der Waals surface area contributed by atoms with Crippen molar-refractivity contribution >= 4 is 11.5 Å². The van der Waals surface area contributed by atoms with Crippen LogP contribution in [0, 0.1) is 11.6 Å². The Bertz CT molecular complexity index is 891. The van der Waals surface area contributed by atoms with Crippen LogP contribution >= 0.6 is 0 Å². The summed E-state index contributed by atoms with van der Waals surface area (Å²) >= 11 is 0. The Balaban J connectivity index is 1.84. The molecule has 0 saturated carbocycles. The van der Waals surface area contributed by atoms with Gasteiger partial charge in [0.25, 0.3) is 0 Å². The number of anilines is 1. The molecule has 3 nitrogen and oxygen atoms in total. The summed E-state index contributed by atoms with van der Waals surface area (Å²) in [6, 6.07) is 18.5. The van der Waals surface area contributed by atoms with Crippen LogP contribution in [0.25, 0.3) is 0 Å². The molecule has 0 aromatic heterocycles. The van der Waals surface area contributed by atoms with E-state index in [0.29, 0.717) is 17.0 Å². The van der Waals surface area contributed by atoms with Gasteiger partial charge < -0.3 is 10.1 Å². The molecule has 3 aromatic rings. The van der Waals surface area contributed by atoms with Crippen LogP contribution in [0.15, 0.2) is 72.8 Å². The molecule has 27 heavy (non-hydrogen) atoms. The number of halogens is 2. The number of hydrogen-bond donors (Lipinski definition) is 1. The summed E-state index contributed by atoms with van der Waals surface area (Å²) in [6.07, 6.45) is 0.162. The lowest BCUT2D eigenvalue weighted by atomic mass is 9.97. The molecule has 1 atom stereocenters. The average Bonchev–Trinajstić information content (AvgIpc) is 2.69. The topological polar surface area (TPSA) is 38.3 Å². The first-order valence-corrected chi connectivity index (χ1v) is 8.50. The molecule has 1 unspecified atom stereocenters. The van der Waals surface area contributed by atoms with Crippen LogP contribution in [0.4, 0.5) is 14.5 Å². The third kappa shape index (κ3) is 4.91. The van der Waals surface area contributed by atoms with Gasteiger partial charge in [0, 0.05) is 17.7 Å². The maximum absolute atomic E-state index is 13.2. The highest BCUT2D eigenvalue weighted by Gasteiger charge is 2.18. The van der Waals surface area contributed by atoms with Crippen LogP contribution < -0.4 is 10.1 Å². The van der Waals surface area contributed by atoms with Gasteiger partial charge in [0.2, 0.25) is 0 Å². The Morgan fingerprint density at radius 2 is 1.44 bits per heavy atom. The Morgan fingerprint density at radius 3 is 2.00 bits per heavy atom. The number of carbonyl (C=O) groups is 1. The van der Waals surface area contributed by atoms with Gasteiger partial charge in [-0.15, -0.1) is 0 Å². The quantitative estimate of drug-likeness (QED) is 0.568. The van der Waals surface area contributed by atoms with E-state index in [2.05, 4.69) is 5.32 Å². The highest BCUT2D eigenvalue weighted by molar-refractivity contribution is 5.96. The number of carbonyl (C=O) groups excluding carboxylic acids is 1. The number of nitrogens with one attached hydrogen (secondary N) is 1. The van der Waals surface area contributed by atoms with Gasteiger partial charge in [0.15, 0.2) is 5.78 Å². The van der Waals surface area contributed by atoms with Crippen LogP contribution in [0.2, 0.25) is 0 Å². The lowest BCUT2D eigenvalue weighted by Crippen LogP contribution is -2.16. The van der Waals surface area contributed by atoms with E-state index in [4.69, 9.17) is 4.74 Å². The van der Waals surface area contributed by atoms with Crippen molar-refractivity contribution in [3.8, 4) is 5.75 Å². The molecule has 0 aliphatic heterocycles. The van der Waals surface area contributed by atoms with Gasteiger partial charge in [0.05, 0.1) is 13.2 Å². The molecule has 0 saturated heterocycles. The fourth-order valence-corrected chi connectivity index (χ4v) is 2.77. The number of ether oxygens (including phenoxy) is 1. The zero-order valence-corrected chi connectivity index (χ0v) is 14.8. The lowest BCUT2D eigenvalue weighted by molar-refractivity contribution is 0.0976. The van der Waals surface area contributed by atoms with E-state index in [1.165, 1.54) is 36.4 Å². The van der Waals surface area contributed by atoms with E-state index in [-0.39, 0.29) is 29.9 Å². The van der Waals surface area contributed by atoms with Crippen molar-refractivity contribution in [3.63, 3.8) is 0 Å². The molecule has 5 heteroatoms. The highest BCUT2D eigenvalue weighted by Crippen LogP contribution is 2.26. The minimum absolute atomic E-state index is 0.120. The zero-order chi connectivity index (χ0) is 19.2. The highest BCUT2D eigenvalue weighted by atomic mass is 19.1. The molecular formula is C22H19F2NO2. The van der Waals surface area contributed by atoms with Crippen molar-refractivity contribution < 1.29 is 18.3 Å². The zero-order valence-electron chi connectivity index (χ0n) is 14.8. The number of benzene rings is 3. The Labute approximate surface area is 156 Å². The van der Waals surface area contributed by atoms with Crippen molar-refractivity contribution in [2.24, 2.45) is 0 Å². The Hall–Kier alpha value is -3.21. The van der Waals surface area contributed by atoms with Gasteiger partial charge in [-0.1, -0.05) is 12.1 Å². The Kier molecular flexibility index (Phi) is 5.81. The largest absolute Gasteiger partial charge is 0.497 e. The van der Waals surface area contributed by atoms with E-state index in [1.807, 2.05) is 24.3 Å². The molecule has 138 valence electrons. The third-order valence-electron chi connectivity index (χ3n) is 4.26. The third-order valence-corrected chi connectivity index (χ3v) is 4.26. The van der Waals surface area contributed by atoms with Crippen LogP contribution in [0.1, 0.15) is 28.4 Å². The van der Waals surface area contributed by atoms with Crippen LogP contribution in [0.3, 0.4) is 0 Å². The average molecular weight is 367 g/mol. The minimum Gasteiger partial charge on any atom is -0.497 e. The van der Waals surface area contributed by atoms with E-state index >= 15 is 0 Å². The maximum Gasteiger partial charge on any atom is 0.165 e. The number of rotatable bonds is 7. The predicted molar refractivity (Wildman–Crippen MR) is 101 cm³/mol. The molecule has 0 spiro atoms. The Morgan fingerprint density at radius 1 is 0.889 bits per heavy atom. The first-order valence-electron chi connectivity index (χ1n) is 8.50. The fourth-order valence-electron chi connectivity index (χ4n) is 2.77. The molecular weight excluding hydrogens is 348 g/mol. The molecule has 0 amide bonds. The summed E-state index contributed by atoms with van der Waals surface area (Å²) in [7, 11) is 1.58. The predicted octanol–water partition coefficient (Wildman–Crippen LogP) is 5.40. The molecule has 3 aromatic carbocycles. The summed E-state index contributed by atoms with van der Waals surface area (Å²) < 4.78 is 31.4. The minimum atomic E-state index is -0.386. The molecule has 3 rings (SSSR count). The number of ketones is 1.